The number of carbonyl (C=O) groups is 4. The maximum absolute atomic E-state index is 13.3. The molecule has 0 saturated carbocycles. The summed E-state index contributed by atoms with van der Waals surface area (Å²) >= 11 is 4.17. The second-order valence-corrected chi connectivity index (χ2v) is 9.52. The summed E-state index contributed by atoms with van der Waals surface area (Å²) in [5.74, 6) is -3.37. The Hall–Kier alpha value is -4.36. The molecule has 212 valence electrons. The number of carboxylic acids is 1. The molecule has 2 aromatic carbocycles. The van der Waals surface area contributed by atoms with Gasteiger partial charge in [0, 0.05) is 36.9 Å². The standard InChI is InChI=1S/C27H32N6O6S/c28-20(12-18-13-29-15-30-18)24(35)31-21(10-16-4-2-1-3-5-16)25(36)33-23(14-40)26(37)32-22(27(38)39)11-17-6-8-19(34)9-7-17/h1-9,13,15,20-23,34,40H,10-12,14,28H2,(H,29,30)(H,31,35)(H,32,37)(H,33,36)(H,38,39). The number of imidazole rings is 1. The van der Waals surface area contributed by atoms with Crippen LogP contribution in [0.1, 0.15) is 16.8 Å². The monoisotopic (exact) mass is 568 g/mol. The molecule has 0 aliphatic carbocycles. The molecule has 0 fully saturated rings. The second-order valence-electron chi connectivity index (χ2n) is 9.15. The minimum Gasteiger partial charge on any atom is -0.508 e. The fourth-order valence-corrected chi connectivity index (χ4v) is 4.13. The zero-order valence-electron chi connectivity index (χ0n) is 21.5. The molecule has 4 atom stereocenters. The lowest BCUT2D eigenvalue weighted by atomic mass is 10.0. The minimum atomic E-state index is -1.29. The van der Waals surface area contributed by atoms with E-state index in [1.165, 1.54) is 18.5 Å². The maximum atomic E-state index is 13.3. The summed E-state index contributed by atoms with van der Waals surface area (Å²) in [6.45, 7) is 0. The van der Waals surface area contributed by atoms with E-state index in [0.717, 1.165) is 5.56 Å². The Bertz CT molecular complexity index is 1270. The number of aliphatic carboxylic acids is 1. The molecule has 0 spiro atoms. The predicted molar refractivity (Wildman–Crippen MR) is 150 cm³/mol. The smallest absolute Gasteiger partial charge is 0.326 e. The first-order chi connectivity index (χ1) is 19.2. The molecule has 3 rings (SSSR count). The predicted octanol–water partition coefficient (Wildman–Crippen LogP) is -0.0607. The van der Waals surface area contributed by atoms with Gasteiger partial charge in [-0.3, -0.25) is 14.4 Å². The number of thiol groups is 1. The Balaban J connectivity index is 1.69. The summed E-state index contributed by atoms with van der Waals surface area (Å²) in [5, 5.41) is 26.7. The molecule has 0 saturated heterocycles. The van der Waals surface area contributed by atoms with Crippen LogP contribution in [-0.2, 0) is 38.4 Å². The van der Waals surface area contributed by atoms with Gasteiger partial charge in [0.15, 0.2) is 0 Å². The fourth-order valence-electron chi connectivity index (χ4n) is 3.87. The van der Waals surface area contributed by atoms with Crippen LogP contribution in [0.25, 0.3) is 0 Å². The van der Waals surface area contributed by atoms with Gasteiger partial charge in [0.2, 0.25) is 17.7 Å². The summed E-state index contributed by atoms with van der Waals surface area (Å²) in [6, 6.07) is 10.4. The molecule has 3 aromatic rings. The Kier molecular flexibility index (Phi) is 11.1. The lowest BCUT2D eigenvalue weighted by Gasteiger charge is -2.24. The van der Waals surface area contributed by atoms with Crippen LogP contribution in [0.5, 0.6) is 5.75 Å². The molecule has 13 heteroatoms. The summed E-state index contributed by atoms with van der Waals surface area (Å²) in [4.78, 5) is 57.7. The number of hydrogen-bond donors (Lipinski definition) is 8. The van der Waals surface area contributed by atoms with Crippen LogP contribution in [0.4, 0.5) is 0 Å². The van der Waals surface area contributed by atoms with Gasteiger partial charge in [-0.25, -0.2) is 9.78 Å². The number of rotatable bonds is 14. The van der Waals surface area contributed by atoms with Crippen LogP contribution in [0.2, 0.25) is 0 Å². The molecule has 0 aliphatic rings. The van der Waals surface area contributed by atoms with Gasteiger partial charge in [0.05, 0.1) is 12.4 Å². The molecular weight excluding hydrogens is 536 g/mol. The van der Waals surface area contributed by atoms with Crippen molar-refractivity contribution in [2.45, 2.75) is 43.4 Å². The van der Waals surface area contributed by atoms with Crippen LogP contribution in [0.3, 0.4) is 0 Å². The normalized spacial score (nSPS) is 13.8. The number of carboxylic acid groups (broad SMARTS) is 1. The van der Waals surface area contributed by atoms with Crippen LogP contribution >= 0.6 is 12.6 Å². The maximum Gasteiger partial charge on any atom is 0.326 e. The molecule has 0 aliphatic heterocycles. The van der Waals surface area contributed by atoms with Crippen molar-refractivity contribution in [1.29, 1.82) is 0 Å². The van der Waals surface area contributed by atoms with E-state index in [0.29, 0.717) is 11.3 Å². The number of benzene rings is 2. The van der Waals surface area contributed by atoms with Gasteiger partial charge in [0.25, 0.3) is 0 Å². The molecule has 12 nitrogen and oxygen atoms in total. The highest BCUT2D eigenvalue weighted by atomic mass is 32.1. The summed E-state index contributed by atoms with van der Waals surface area (Å²) in [6.07, 6.45) is 3.26. The Morgan fingerprint density at radius 3 is 2.00 bits per heavy atom. The van der Waals surface area contributed by atoms with E-state index in [9.17, 15) is 29.4 Å². The third kappa shape index (κ3) is 9.13. The number of nitrogens with zero attached hydrogens (tertiary/aromatic N) is 1. The Morgan fingerprint density at radius 1 is 0.825 bits per heavy atom. The van der Waals surface area contributed by atoms with Gasteiger partial charge in [0.1, 0.15) is 23.9 Å². The van der Waals surface area contributed by atoms with E-state index in [1.807, 2.05) is 6.07 Å². The van der Waals surface area contributed by atoms with Gasteiger partial charge in [-0.2, -0.15) is 12.6 Å². The van der Waals surface area contributed by atoms with Crippen molar-refractivity contribution >= 4 is 36.3 Å². The molecular formula is C27H32N6O6S. The van der Waals surface area contributed by atoms with Crippen molar-refractivity contribution in [1.82, 2.24) is 25.9 Å². The highest BCUT2D eigenvalue weighted by Gasteiger charge is 2.30. The third-order valence-corrected chi connectivity index (χ3v) is 6.42. The van der Waals surface area contributed by atoms with E-state index in [1.54, 1.807) is 42.6 Å². The van der Waals surface area contributed by atoms with Crippen molar-refractivity contribution in [3.05, 3.63) is 83.9 Å². The fraction of sp³-hybridized carbons (Fsp3) is 0.296. The minimum absolute atomic E-state index is 0.0249. The summed E-state index contributed by atoms with van der Waals surface area (Å²) in [5.41, 5.74) is 8.03. The van der Waals surface area contributed by atoms with Crippen LogP contribution < -0.4 is 21.7 Å². The molecule has 0 radical (unpaired) electrons. The number of amides is 3. The van der Waals surface area contributed by atoms with Gasteiger partial charge < -0.3 is 36.9 Å². The van der Waals surface area contributed by atoms with Crippen molar-refractivity contribution in [3.8, 4) is 5.75 Å². The van der Waals surface area contributed by atoms with E-state index >= 15 is 0 Å². The zero-order chi connectivity index (χ0) is 29.1. The largest absolute Gasteiger partial charge is 0.508 e. The third-order valence-electron chi connectivity index (χ3n) is 6.05. The first-order valence-electron chi connectivity index (χ1n) is 12.5. The first kappa shape index (κ1) is 30.2. The van der Waals surface area contributed by atoms with Gasteiger partial charge >= 0.3 is 5.97 Å². The lowest BCUT2D eigenvalue weighted by molar-refractivity contribution is -0.142. The molecule has 3 amide bonds. The van der Waals surface area contributed by atoms with Gasteiger partial charge in [-0.05, 0) is 23.3 Å². The van der Waals surface area contributed by atoms with Crippen molar-refractivity contribution in [3.63, 3.8) is 0 Å². The van der Waals surface area contributed by atoms with Crippen LogP contribution in [0.15, 0.2) is 67.1 Å². The number of aromatic hydroxyl groups is 1. The number of aromatic amines is 1. The molecule has 1 heterocycles. The number of aromatic nitrogens is 2. The SMILES string of the molecule is NC(Cc1cnc[nH]1)C(=O)NC(Cc1ccccc1)C(=O)NC(CS)C(=O)NC(Cc1ccc(O)cc1)C(=O)O. The number of phenolic OH excluding ortho intramolecular Hbond substituents is 1. The topological polar surface area (TPSA) is 200 Å². The van der Waals surface area contributed by atoms with E-state index < -0.39 is 47.9 Å². The Labute approximate surface area is 236 Å². The highest BCUT2D eigenvalue weighted by Crippen LogP contribution is 2.12. The van der Waals surface area contributed by atoms with Crippen molar-refractivity contribution < 1.29 is 29.4 Å². The summed E-state index contributed by atoms with van der Waals surface area (Å²) in [7, 11) is 0. The van der Waals surface area contributed by atoms with Gasteiger partial charge in [-0.1, -0.05) is 42.5 Å². The van der Waals surface area contributed by atoms with E-state index in [4.69, 9.17) is 5.73 Å². The van der Waals surface area contributed by atoms with Gasteiger partial charge in [-0.15, -0.1) is 0 Å². The zero-order valence-corrected chi connectivity index (χ0v) is 22.4. The number of phenols is 1. The first-order valence-corrected chi connectivity index (χ1v) is 13.1. The molecule has 40 heavy (non-hydrogen) atoms. The average Bonchev–Trinajstić information content (AvgIpc) is 3.45. The lowest BCUT2D eigenvalue weighted by Crippen LogP contribution is -2.58. The number of nitrogens with one attached hydrogen (secondary N) is 4. The quantitative estimate of drug-likeness (QED) is 0.124. The van der Waals surface area contributed by atoms with Crippen LogP contribution in [0, 0.1) is 0 Å². The summed E-state index contributed by atoms with van der Waals surface area (Å²) < 4.78 is 0. The molecule has 1 aromatic heterocycles. The van der Waals surface area contributed by atoms with Crippen molar-refractivity contribution in [2.24, 2.45) is 5.73 Å². The number of carbonyl (C=O) groups excluding carboxylic acids is 3. The van der Waals surface area contributed by atoms with E-state index in [2.05, 4.69) is 38.5 Å². The molecule has 8 N–H and O–H groups in total. The molecule has 0 bridgehead atoms. The van der Waals surface area contributed by atoms with Crippen molar-refractivity contribution in [2.75, 3.05) is 5.75 Å². The molecule has 4 unspecified atom stereocenters. The second kappa shape index (κ2) is 14.7. The number of H-pyrrole nitrogens is 1. The number of hydrogen-bond acceptors (Lipinski definition) is 8. The van der Waals surface area contributed by atoms with Crippen LogP contribution in [-0.4, -0.2) is 73.8 Å². The average molecular weight is 569 g/mol. The van der Waals surface area contributed by atoms with E-state index in [-0.39, 0.29) is 30.8 Å². The number of nitrogens with two attached hydrogens (primary N) is 1. The Morgan fingerprint density at radius 2 is 1.40 bits per heavy atom. The highest BCUT2D eigenvalue weighted by molar-refractivity contribution is 7.80.